The first-order valence-corrected chi connectivity index (χ1v) is 6.95. The Morgan fingerprint density at radius 1 is 1.31 bits per heavy atom. The minimum atomic E-state index is 0.764. The molecule has 0 aromatic carbocycles. The van der Waals surface area contributed by atoms with Gasteiger partial charge in [-0.3, -0.25) is 0 Å². The highest BCUT2D eigenvalue weighted by Gasteiger charge is 2.27. The number of allylic oxidation sites excluding steroid dienone is 1. The smallest absolute Gasteiger partial charge is 0.00176 e. The van der Waals surface area contributed by atoms with Gasteiger partial charge in [-0.1, -0.05) is 33.3 Å². The predicted octanol–water partition coefficient (Wildman–Crippen LogP) is 3.86. The summed E-state index contributed by atoms with van der Waals surface area (Å²) in [6, 6.07) is 0. The SMILES string of the molecule is C=CCC1CC(C)CCC1CNCC(C)C. The minimum Gasteiger partial charge on any atom is -0.316 e. The van der Waals surface area contributed by atoms with Gasteiger partial charge in [0.2, 0.25) is 0 Å². The quantitative estimate of drug-likeness (QED) is 0.674. The highest BCUT2D eigenvalue weighted by molar-refractivity contribution is 4.84. The monoisotopic (exact) mass is 223 g/mol. The molecule has 1 saturated carbocycles. The van der Waals surface area contributed by atoms with Gasteiger partial charge < -0.3 is 5.32 Å². The first-order chi connectivity index (χ1) is 7.63. The summed E-state index contributed by atoms with van der Waals surface area (Å²) >= 11 is 0. The molecule has 3 atom stereocenters. The van der Waals surface area contributed by atoms with Crippen molar-refractivity contribution in [3.8, 4) is 0 Å². The third kappa shape index (κ3) is 4.69. The molecule has 1 aliphatic rings. The Morgan fingerprint density at radius 2 is 2.06 bits per heavy atom. The fourth-order valence-corrected chi connectivity index (χ4v) is 2.89. The Hall–Kier alpha value is -0.300. The average Bonchev–Trinajstić information content (AvgIpc) is 2.21. The van der Waals surface area contributed by atoms with Crippen LogP contribution in [-0.2, 0) is 0 Å². The second kappa shape index (κ2) is 7.11. The van der Waals surface area contributed by atoms with Gasteiger partial charge in [-0.2, -0.15) is 0 Å². The number of hydrogen-bond acceptors (Lipinski definition) is 1. The zero-order chi connectivity index (χ0) is 12.0. The second-order valence-electron chi connectivity index (χ2n) is 6.01. The molecule has 1 rings (SSSR count). The van der Waals surface area contributed by atoms with Gasteiger partial charge in [0, 0.05) is 0 Å². The van der Waals surface area contributed by atoms with E-state index >= 15 is 0 Å². The lowest BCUT2D eigenvalue weighted by atomic mass is 9.73. The predicted molar refractivity (Wildman–Crippen MR) is 72.5 cm³/mol. The van der Waals surface area contributed by atoms with Crippen LogP contribution in [0.5, 0.6) is 0 Å². The van der Waals surface area contributed by atoms with E-state index in [2.05, 4.69) is 38.7 Å². The van der Waals surface area contributed by atoms with Gasteiger partial charge in [-0.05, 0) is 56.0 Å². The molecule has 94 valence electrons. The van der Waals surface area contributed by atoms with E-state index in [0.29, 0.717) is 0 Å². The first-order valence-electron chi connectivity index (χ1n) is 6.95. The Balaban J connectivity index is 2.33. The van der Waals surface area contributed by atoms with Crippen molar-refractivity contribution in [2.24, 2.45) is 23.7 Å². The van der Waals surface area contributed by atoms with Crippen LogP contribution >= 0.6 is 0 Å². The standard InChI is InChI=1S/C15H29N/c1-5-6-14-9-13(4)7-8-15(14)11-16-10-12(2)3/h5,12-16H,1,6-11H2,2-4H3. The van der Waals surface area contributed by atoms with E-state index in [-0.39, 0.29) is 0 Å². The lowest BCUT2D eigenvalue weighted by Gasteiger charge is -2.34. The van der Waals surface area contributed by atoms with Crippen molar-refractivity contribution in [1.29, 1.82) is 0 Å². The normalized spacial score (nSPS) is 30.6. The fourth-order valence-electron chi connectivity index (χ4n) is 2.89. The van der Waals surface area contributed by atoms with Crippen LogP contribution in [-0.4, -0.2) is 13.1 Å². The van der Waals surface area contributed by atoms with E-state index in [1.54, 1.807) is 0 Å². The zero-order valence-electron chi connectivity index (χ0n) is 11.3. The van der Waals surface area contributed by atoms with E-state index in [0.717, 1.165) is 30.2 Å². The third-order valence-corrected chi connectivity index (χ3v) is 3.83. The highest BCUT2D eigenvalue weighted by Crippen LogP contribution is 2.35. The van der Waals surface area contributed by atoms with E-state index < -0.39 is 0 Å². The van der Waals surface area contributed by atoms with Crippen LogP contribution in [0.25, 0.3) is 0 Å². The summed E-state index contributed by atoms with van der Waals surface area (Å²) in [5, 5.41) is 3.62. The summed E-state index contributed by atoms with van der Waals surface area (Å²) in [5.74, 6) is 3.44. The zero-order valence-corrected chi connectivity index (χ0v) is 11.3. The first kappa shape index (κ1) is 13.8. The number of nitrogens with one attached hydrogen (secondary N) is 1. The largest absolute Gasteiger partial charge is 0.316 e. The lowest BCUT2D eigenvalue weighted by molar-refractivity contribution is 0.185. The van der Waals surface area contributed by atoms with E-state index in [9.17, 15) is 0 Å². The molecule has 0 aromatic heterocycles. The lowest BCUT2D eigenvalue weighted by Crippen LogP contribution is -2.34. The molecule has 0 spiro atoms. The van der Waals surface area contributed by atoms with Gasteiger partial charge >= 0.3 is 0 Å². The van der Waals surface area contributed by atoms with E-state index in [1.165, 1.54) is 32.2 Å². The van der Waals surface area contributed by atoms with E-state index in [4.69, 9.17) is 0 Å². The summed E-state index contributed by atoms with van der Waals surface area (Å²) in [6.07, 6.45) is 7.54. The average molecular weight is 223 g/mol. The molecule has 1 N–H and O–H groups in total. The van der Waals surface area contributed by atoms with Crippen molar-refractivity contribution in [2.75, 3.05) is 13.1 Å². The Labute approximate surface area is 102 Å². The Morgan fingerprint density at radius 3 is 2.69 bits per heavy atom. The number of hydrogen-bond donors (Lipinski definition) is 1. The van der Waals surface area contributed by atoms with Gasteiger partial charge in [0.1, 0.15) is 0 Å². The van der Waals surface area contributed by atoms with Crippen molar-refractivity contribution in [2.45, 2.75) is 46.5 Å². The fraction of sp³-hybridized carbons (Fsp3) is 0.867. The van der Waals surface area contributed by atoms with Crippen LogP contribution in [0.1, 0.15) is 46.5 Å². The second-order valence-corrected chi connectivity index (χ2v) is 6.01. The topological polar surface area (TPSA) is 12.0 Å². The maximum atomic E-state index is 3.90. The summed E-state index contributed by atoms with van der Waals surface area (Å²) in [7, 11) is 0. The van der Waals surface area contributed by atoms with Crippen LogP contribution < -0.4 is 5.32 Å². The van der Waals surface area contributed by atoms with Crippen molar-refractivity contribution in [1.82, 2.24) is 5.32 Å². The molecular weight excluding hydrogens is 194 g/mol. The van der Waals surface area contributed by atoms with Crippen molar-refractivity contribution >= 4 is 0 Å². The molecule has 0 amide bonds. The van der Waals surface area contributed by atoms with Gasteiger partial charge in [0.05, 0.1) is 0 Å². The minimum absolute atomic E-state index is 0.764. The molecule has 0 bridgehead atoms. The van der Waals surface area contributed by atoms with Crippen LogP contribution in [0, 0.1) is 23.7 Å². The molecule has 0 aliphatic heterocycles. The highest BCUT2D eigenvalue weighted by atomic mass is 14.9. The molecule has 1 nitrogen and oxygen atoms in total. The summed E-state index contributed by atoms with van der Waals surface area (Å²) in [4.78, 5) is 0. The van der Waals surface area contributed by atoms with Crippen LogP contribution in [0.15, 0.2) is 12.7 Å². The molecule has 0 saturated heterocycles. The number of rotatable bonds is 6. The van der Waals surface area contributed by atoms with Gasteiger partial charge in [-0.25, -0.2) is 0 Å². The molecule has 1 fully saturated rings. The van der Waals surface area contributed by atoms with Crippen LogP contribution in [0.3, 0.4) is 0 Å². The molecule has 1 heteroatoms. The van der Waals surface area contributed by atoms with Gasteiger partial charge in [0.25, 0.3) is 0 Å². The van der Waals surface area contributed by atoms with Crippen molar-refractivity contribution in [3.63, 3.8) is 0 Å². The Kier molecular flexibility index (Phi) is 6.12. The van der Waals surface area contributed by atoms with Gasteiger partial charge in [-0.15, -0.1) is 6.58 Å². The summed E-state index contributed by atoms with van der Waals surface area (Å²) < 4.78 is 0. The van der Waals surface area contributed by atoms with Crippen LogP contribution in [0.2, 0.25) is 0 Å². The maximum absolute atomic E-state index is 3.90. The molecule has 0 heterocycles. The van der Waals surface area contributed by atoms with Crippen LogP contribution in [0.4, 0.5) is 0 Å². The summed E-state index contributed by atoms with van der Waals surface area (Å²) in [6.45, 7) is 13.2. The molecule has 1 aliphatic carbocycles. The van der Waals surface area contributed by atoms with Crippen molar-refractivity contribution < 1.29 is 0 Å². The molecule has 3 unspecified atom stereocenters. The maximum Gasteiger partial charge on any atom is -0.00176 e. The van der Waals surface area contributed by atoms with Gasteiger partial charge in [0.15, 0.2) is 0 Å². The molecule has 16 heavy (non-hydrogen) atoms. The third-order valence-electron chi connectivity index (χ3n) is 3.83. The van der Waals surface area contributed by atoms with E-state index in [1.807, 2.05) is 0 Å². The molecule has 0 aromatic rings. The van der Waals surface area contributed by atoms with Crippen molar-refractivity contribution in [3.05, 3.63) is 12.7 Å². The molecule has 0 radical (unpaired) electrons. The summed E-state index contributed by atoms with van der Waals surface area (Å²) in [5.41, 5.74) is 0. The molecular formula is C15H29N. The Bertz CT molecular complexity index is 198.